The Hall–Kier alpha value is -1.39. The van der Waals surface area contributed by atoms with Crippen molar-refractivity contribution in [3.63, 3.8) is 0 Å². The zero-order valence-electron chi connectivity index (χ0n) is 11.0. The summed E-state index contributed by atoms with van der Waals surface area (Å²) in [5.41, 5.74) is 0. The molecule has 0 saturated heterocycles. The van der Waals surface area contributed by atoms with Gasteiger partial charge in [-0.25, -0.2) is 0 Å². The van der Waals surface area contributed by atoms with E-state index in [1.165, 1.54) is 15.9 Å². The van der Waals surface area contributed by atoms with Crippen LogP contribution in [0.2, 0.25) is 0 Å². The van der Waals surface area contributed by atoms with Gasteiger partial charge in [0.15, 0.2) is 0 Å². The van der Waals surface area contributed by atoms with Crippen molar-refractivity contribution in [2.24, 2.45) is 0 Å². The molecule has 0 fully saturated rings. The Morgan fingerprint density at radius 3 is 0.900 bits per heavy atom. The molecule has 3 aromatic carbocycles. The topological polar surface area (TPSA) is 0 Å². The molecule has 20 heavy (non-hydrogen) atoms. The van der Waals surface area contributed by atoms with E-state index in [2.05, 4.69) is 91.0 Å². The number of hydrogen-bond donors (Lipinski definition) is 0. The molecule has 0 bridgehead atoms. The monoisotopic (exact) mass is 318 g/mol. The minimum absolute atomic E-state index is 0. The number of rotatable bonds is 3. The minimum Gasteiger partial charge on any atom is -0.0622 e. The van der Waals surface area contributed by atoms with Gasteiger partial charge in [0.2, 0.25) is 0 Å². The average molecular weight is 318 g/mol. The molecule has 0 saturated carbocycles. The van der Waals surface area contributed by atoms with Gasteiger partial charge in [-0.2, -0.15) is 0 Å². The Balaban J connectivity index is 0.00000147. The predicted octanol–water partition coefficient (Wildman–Crippen LogP) is 3.44. The largest absolute Gasteiger partial charge is 0.0622 e. The maximum absolute atomic E-state index is 2.23. The van der Waals surface area contributed by atoms with Gasteiger partial charge in [-0.05, 0) is 23.8 Å². The molecule has 0 atom stereocenters. The summed E-state index contributed by atoms with van der Waals surface area (Å²) in [6.45, 7) is 0. The quantitative estimate of drug-likeness (QED) is 0.513. The first-order valence-electron chi connectivity index (χ1n) is 6.40. The van der Waals surface area contributed by atoms with E-state index in [0.29, 0.717) is 0 Å². The zero-order valence-corrected chi connectivity index (χ0v) is 13.0. The van der Waals surface area contributed by atoms with Gasteiger partial charge in [0.1, 0.15) is 0 Å². The van der Waals surface area contributed by atoms with Gasteiger partial charge in [-0.15, -0.1) is 0 Å². The van der Waals surface area contributed by atoms with Crippen LogP contribution in [-0.2, 0) is 17.1 Å². The van der Waals surface area contributed by atoms with E-state index in [1.807, 2.05) is 0 Å². The molecule has 0 nitrogen and oxygen atoms in total. The second-order valence-electron chi connectivity index (χ2n) is 4.34. The molecule has 0 heterocycles. The Morgan fingerprint density at radius 1 is 0.400 bits per heavy atom. The van der Waals surface area contributed by atoms with Crippen LogP contribution in [0.3, 0.4) is 0 Å². The van der Waals surface area contributed by atoms with Crippen LogP contribution in [0.5, 0.6) is 0 Å². The van der Waals surface area contributed by atoms with Gasteiger partial charge in [0.05, 0.1) is 0 Å². The van der Waals surface area contributed by atoms with Crippen LogP contribution < -0.4 is 15.9 Å². The van der Waals surface area contributed by atoms with E-state index in [-0.39, 0.29) is 17.1 Å². The van der Waals surface area contributed by atoms with Crippen molar-refractivity contribution < 1.29 is 17.1 Å². The van der Waals surface area contributed by atoms with Gasteiger partial charge in [0, 0.05) is 17.1 Å². The van der Waals surface area contributed by atoms with Crippen LogP contribution >= 0.6 is 7.92 Å². The summed E-state index contributed by atoms with van der Waals surface area (Å²) in [4.78, 5) is 0. The molecule has 0 unspecified atom stereocenters. The van der Waals surface area contributed by atoms with Gasteiger partial charge in [0.25, 0.3) is 0 Å². The molecule has 0 N–H and O–H groups in total. The van der Waals surface area contributed by atoms with Gasteiger partial charge >= 0.3 is 0 Å². The number of hydrogen-bond acceptors (Lipinski definition) is 0. The van der Waals surface area contributed by atoms with E-state index >= 15 is 0 Å². The van der Waals surface area contributed by atoms with Gasteiger partial charge < -0.3 is 0 Å². The van der Waals surface area contributed by atoms with Crippen molar-refractivity contribution >= 4 is 23.8 Å². The molecule has 3 rings (SSSR count). The molecule has 0 amide bonds. The third-order valence-corrected chi connectivity index (χ3v) is 5.49. The maximum Gasteiger partial charge on any atom is 0 e. The van der Waals surface area contributed by atoms with Crippen LogP contribution in [-0.4, -0.2) is 0 Å². The van der Waals surface area contributed by atoms with Crippen molar-refractivity contribution in [2.75, 3.05) is 0 Å². The zero-order chi connectivity index (χ0) is 12.9. The molecule has 2 heteroatoms. The first-order chi connectivity index (χ1) is 9.45. The molecular weight excluding hydrogens is 303 g/mol. The second kappa shape index (κ2) is 7.41. The minimum atomic E-state index is -0.446. The third kappa shape index (κ3) is 3.38. The summed E-state index contributed by atoms with van der Waals surface area (Å²) >= 11 is 0. The fourth-order valence-corrected chi connectivity index (χ4v) is 4.48. The van der Waals surface area contributed by atoms with Crippen molar-refractivity contribution in [1.29, 1.82) is 0 Å². The molecule has 0 spiro atoms. The molecular formula is C18H15FeP. The summed E-state index contributed by atoms with van der Waals surface area (Å²) in [6, 6.07) is 32.3. The molecule has 0 aliphatic heterocycles. The van der Waals surface area contributed by atoms with Crippen molar-refractivity contribution in [2.45, 2.75) is 0 Å². The Labute approximate surface area is 132 Å². The van der Waals surface area contributed by atoms with E-state index in [1.54, 1.807) is 0 Å². The Kier molecular flexibility index (Phi) is 5.56. The summed E-state index contributed by atoms with van der Waals surface area (Å²) in [5.74, 6) is 0. The SMILES string of the molecule is [Fe].c1ccc(P(c2ccccc2)c2ccccc2)cc1. The molecule has 0 aliphatic carbocycles. The van der Waals surface area contributed by atoms with Crippen molar-refractivity contribution in [3.05, 3.63) is 91.0 Å². The maximum atomic E-state index is 2.23. The standard InChI is InChI=1S/C18H15P.Fe/c1-4-10-16(11-5-1)19(17-12-6-2-7-13-17)18-14-8-3-9-15-18;/h1-15H;. The summed E-state index contributed by atoms with van der Waals surface area (Å²) in [5, 5.41) is 4.19. The normalized spacial score (nSPS) is 10.1. The van der Waals surface area contributed by atoms with E-state index < -0.39 is 7.92 Å². The van der Waals surface area contributed by atoms with E-state index in [0.717, 1.165) is 0 Å². The van der Waals surface area contributed by atoms with Crippen LogP contribution in [0.25, 0.3) is 0 Å². The summed E-state index contributed by atoms with van der Waals surface area (Å²) in [6.07, 6.45) is 0. The average Bonchev–Trinajstić information content (AvgIpc) is 2.51. The smallest absolute Gasteiger partial charge is 0 e. The summed E-state index contributed by atoms with van der Waals surface area (Å²) in [7, 11) is -0.446. The van der Waals surface area contributed by atoms with Gasteiger partial charge in [-0.1, -0.05) is 91.0 Å². The number of benzene rings is 3. The van der Waals surface area contributed by atoms with Crippen molar-refractivity contribution in [3.8, 4) is 0 Å². The van der Waals surface area contributed by atoms with Gasteiger partial charge in [-0.3, -0.25) is 0 Å². The summed E-state index contributed by atoms with van der Waals surface area (Å²) < 4.78 is 0. The molecule has 0 aliphatic rings. The van der Waals surface area contributed by atoms with Crippen LogP contribution in [0.4, 0.5) is 0 Å². The van der Waals surface area contributed by atoms with Crippen LogP contribution in [0.1, 0.15) is 0 Å². The van der Waals surface area contributed by atoms with Crippen LogP contribution in [0.15, 0.2) is 91.0 Å². The molecule has 0 radical (unpaired) electrons. The first-order valence-corrected chi connectivity index (χ1v) is 7.74. The Bertz CT molecular complexity index is 529. The molecule has 3 aromatic rings. The van der Waals surface area contributed by atoms with E-state index in [4.69, 9.17) is 0 Å². The third-order valence-electron chi connectivity index (χ3n) is 3.04. The molecule has 0 aromatic heterocycles. The Morgan fingerprint density at radius 2 is 0.650 bits per heavy atom. The molecule has 100 valence electrons. The first kappa shape index (κ1) is 15.0. The van der Waals surface area contributed by atoms with Crippen LogP contribution in [0, 0.1) is 0 Å². The van der Waals surface area contributed by atoms with Crippen molar-refractivity contribution in [1.82, 2.24) is 0 Å². The second-order valence-corrected chi connectivity index (χ2v) is 6.56. The fourth-order valence-electron chi connectivity index (χ4n) is 2.18. The van der Waals surface area contributed by atoms with E-state index in [9.17, 15) is 0 Å². The fraction of sp³-hybridized carbons (Fsp3) is 0. The predicted molar refractivity (Wildman–Crippen MR) is 85.1 cm³/mol.